The zero-order valence-corrected chi connectivity index (χ0v) is 15.1. The van der Waals surface area contributed by atoms with Crippen LogP contribution in [0.4, 0.5) is 23.7 Å². The van der Waals surface area contributed by atoms with Crippen molar-refractivity contribution < 1.29 is 22.8 Å². The molecule has 1 atom stereocenters. The van der Waals surface area contributed by atoms with Crippen LogP contribution in [-0.4, -0.2) is 11.9 Å². The lowest BCUT2D eigenvalue weighted by Crippen LogP contribution is -2.46. The number of anilines is 1. The number of allylic oxidation sites excluding steroid dienone is 1. The zero-order valence-electron chi connectivity index (χ0n) is 15.1. The smallest absolute Gasteiger partial charge is 0.327 e. The van der Waals surface area contributed by atoms with E-state index in [0.29, 0.717) is 5.56 Å². The first-order valence-electron chi connectivity index (χ1n) is 8.50. The zero-order chi connectivity index (χ0) is 20.5. The molecule has 2 aromatic carbocycles. The highest BCUT2D eigenvalue weighted by Gasteiger charge is 2.36. The third kappa shape index (κ3) is 3.85. The van der Waals surface area contributed by atoms with E-state index in [1.807, 2.05) is 19.1 Å². The number of aryl methyl sites for hydroxylation is 1. The van der Waals surface area contributed by atoms with Crippen molar-refractivity contribution in [2.45, 2.75) is 26.1 Å². The van der Waals surface area contributed by atoms with Crippen LogP contribution < -0.4 is 16.0 Å². The predicted molar refractivity (Wildman–Crippen MR) is 98.4 cm³/mol. The summed E-state index contributed by atoms with van der Waals surface area (Å²) in [6.07, 6.45) is -4.61. The topological polar surface area (TPSA) is 70.2 Å². The van der Waals surface area contributed by atoms with E-state index >= 15 is 0 Å². The normalized spacial score (nSPS) is 17.0. The van der Waals surface area contributed by atoms with Gasteiger partial charge in [0.1, 0.15) is 0 Å². The Morgan fingerprint density at radius 1 is 1.04 bits per heavy atom. The summed E-state index contributed by atoms with van der Waals surface area (Å²) < 4.78 is 39.7. The average molecular weight is 389 g/mol. The number of carbonyl (C=O) groups is 2. The van der Waals surface area contributed by atoms with Crippen LogP contribution >= 0.6 is 0 Å². The number of hydrogen-bond acceptors (Lipinski definition) is 2. The van der Waals surface area contributed by atoms with Crippen LogP contribution in [0, 0.1) is 6.92 Å². The van der Waals surface area contributed by atoms with Crippen LogP contribution in [0.15, 0.2) is 59.8 Å². The second kappa shape index (κ2) is 7.38. The van der Waals surface area contributed by atoms with Crippen molar-refractivity contribution in [1.29, 1.82) is 0 Å². The first kappa shape index (κ1) is 19.5. The van der Waals surface area contributed by atoms with E-state index in [0.717, 1.165) is 11.6 Å². The number of benzene rings is 2. The molecule has 1 aliphatic heterocycles. The molecule has 5 nitrogen and oxygen atoms in total. The summed E-state index contributed by atoms with van der Waals surface area (Å²) >= 11 is 0. The van der Waals surface area contributed by atoms with Crippen molar-refractivity contribution in [3.8, 4) is 0 Å². The van der Waals surface area contributed by atoms with Gasteiger partial charge in [-0.1, -0.05) is 36.4 Å². The number of nitrogens with one attached hydrogen (secondary N) is 3. The van der Waals surface area contributed by atoms with E-state index in [1.54, 1.807) is 12.1 Å². The number of rotatable bonds is 3. The molecule has 3 rings (SSSR count). The fourth-order valence-electron chi connectivity index (χ4n) is 3.17. The van der Waals surface area contributed by atoms with Gasteiger partial charge in [-0.3, -0.25) is 4.79 Å². The van der Waals surface area contributed by atoms with E-state index in [9.17, 15) is 22.8 Å². The Morgan fingerprint density at radius 2 is 1.68 bits per heavy atom. The number of hydrogen-bond donors (Lipinski definition) is 3. The monoisotopic (exact) mass is 389 g/mol. The molecule has 1 heterocycles. The summed E-state index contributed by atoms with van der Waals surface area (Å²) in [5, 5.41) is 7.52. The number of carbonyl (C=O) groups excluding carboxylic acids is 2. The maximum atomic E-state index is 13.2. The number of halogens is 3. The molecule has 0 unspecified atom stereocenters. The molecule has 0 radical (unpaired) electrons. The molecule has 0 aromatic heterocycles. The third-order valence-electron chi connectivity index (χ3n) is 4.49. The lowest BCUT2D eigenvalue weighted by atomic mass is 9.92. The van der Waals surface area contributed by atoms with Crippen molar-refractivity contribution in [2.75, 3.05) is 5.32 Å². The molecule has 28 heavy (non-hydrogen) atoms. The molecule has 0 aliphatic carbocycles. The summed E-state index contributed by atoms with van der Waals surface area (Å²) in [6.45, 7) is 3.36. The molecule has 3 amide bonds. The Bertz CT molecular complexity index is 967. The molecule has 0 fully saturated rings. The Kier molecular flexibility index (Phi) is 5.13. The first-order valence-corrected chi connectivity index (χ1v) is 8.50. The van der Waals surface area contributed by atoms with Gasteiger partial charge in [-0.15, -0.1) is 0 Å². The second-order valence-electron chi connectivity index (χ2n) is 6.42. The number of urea groups is 1. The molecule has 0 bridgehead atoms. The van der Waals surface area contributed by atoms with Crippen LogP contribution in [0.5, 0.6) is 0 Å². The molecular formula is C20H18F3N3O2. The molecule has 0 saturated heterocycles. The SMILES string of the molecule is CC1=C(C(=O)Nc2ccccc2C(F)(F)F)[C@H](c2ccccc2C)NC(=O)N1. The van der Waals surface area contributed by atoms with Crippen LogP contribution in [0.2, 0.25) is 0 Å². The molecular weight excluding hydrogens is 371 g/mol. The number of alkyl halides is 3. The van der Waals surface area contributed by atoms with Gasteiger partial charge in [-0.25, -0.2) is 4.79 Å². The van der Waals surface area contributed by atoms with E-state index in [2.05, 4.69) is 16.0 Å². The van der Waals surface area contributed by atoms with Gasteiger partial charge in [0.15, 0.2) is 0 Å². The van der Waals surface area contributed by atoms with Crippen molar-refractivity contribution in [2.24, 2.45) is 0 Å². The largest absolute Gasteiger partial charge is 0.418 e. The summed E-state index contributed by atoms with van der Waals surface area (Å²) in [4.78, 5) is 24.9. The summed E-state index contributed by atoms with van der Waals surface area (Å²) in [5.41, 5.74) is 0.655. The van der Waals surface area contributed by atoms with Crippen molar-refractivity contribution in [3.63, 3.8) is 0 Å². The van der Waals surface area contributed by atoms with E-state index in [1.165, 1.54) is 25.1 Å². The van der Waals surface area contributed by atoms with E-state index in [-0.39, 0.29) is 17.0 Å². The van der Waals surface area contributed by atoms with Crippen molar-refractivity contribution in [3.05, 3.63) is 76.5 Å². The van der Waals surface area contributed by atoms with Gasteiger partial charge < -0.3 is 16.0 Å². The van der Waals surface area contributed by atoms with Gasteiger partial charge in [0.2, 0.25) is 0 Å². The summed E-state index contributed by atoms with van der Waals surface area (Å²) in [7, 11) is 0. The van der Waals surface area contributed by atoms with Gasteiger partial charge in [0, 0.05) is 5.70 Å². The highest BCUT2D eigenvalue weighted by Crippen LogP contribution is 2.36. The highest BCUT2D eigenvalue weighted by molar-refractivity contribution is 6.07. The fourth-order valence-corrected chi connectivity index (χ4v) is 3.17. The van der Waals surface area contributed by atoms with Crippen LogP contribution in [0.1, 0.15) is 29.7 Å². The minimum atomic E-state index is -4.61. The minimum Gasteiger partial charge on any atom is -0.327 e. The van der Waals surface area contributed by atoms with Crippen LogP contribution in [0.3, 0.4) is 0 Å². The lowest BCUT2D eigenvalue weighted by Gasteiger charge is -2.29. The average Bonchev–Trinajstić information content (AvgIpc) is 2.61. The van der Waals surface area contributed by atoms with Gasteiger partial charge in [-0.2, -0.15) is 13.2 Å². The first-order chi connectivity index (χ1) is 13.2. The summed E-state index contributed by atoms with van der Waals surface area (Å²) in [6, 6.07) is 10.6. The Morgan fingerprint density at radius 3 is 2.36 bits per heavy atom. The molecule has 3 N–H and O–H groups in total. The van der Waals surface area contributed by atoms with E-state index in [4.69, 9.17) is 0 Å². The van der Waals surface area contributed by atoms with Crippen LogP contribution in [-0.2, 0) is 11.0 Å². The summed E-state index contributed by atoms with van der Waals surface area (Å²) in [5.74, 6) is -0.727. The molecule has 8 heteroatoms. The molecule has 0 saturated carbocycles. The van der Waals surface area contributed by atoms with Gasteiger partial charge >= 0.3 is 12.2 Å². The quantitative estimate of drug-likeness (QED) is 0.733. The van der Waals surface area contributed by atoms with Gasteiger partial charge in [-0.05, 0) is 37.1 Å². The molecule has 1 aliphatic rings. The molecule has 2 aromatic rings. The Labute approximate surface area is 159 Å². The minimum absolute atomic E-state index is 0.144. The van der Waals surface area contributed by atoms with Crippen LogP contribution in [0.25, 0.3) is 0 Å². The van der Waals surface area contributed by atoms with Gasteiger partial charge in [0.25, 0.3) is 5.91 Å². The number of para-hydroxylation sites is 1. The second-order valence-corrected chi connectivity index (χ2v) is 6.42. The number of amides is 3. The van der Waals surface area contributed by atoms with Crippen molar-refractivity contribution >= 4 is 17.6 Å². The maximum absolute atomic E-state index is 13.2. The Hall–Kier alpha value is -3.29. The lowest BCUT2D eigenvalue weighted by molar-refractivity contribution is -0.137. The predicted octanol–water partition coefficient (Wildman–Crippen LogP) is 4.28. The Balaban J connectivity index is 2.01. The molecule has 146 valence electrons. The van der Waals surface area contributed by atoms with Crippen molar-refractivity contribution in [1.82, 2.24) is 10.6 Å². The standard InChI is InChI=1S/C20H18F3N3O2/c1-11-7-3-4-8-13(11)17-16(12(2)24-19(28)26-17)18(27)25-15-10-6-5-9-14(15)20(21,22)23/h3-10,17H,1-2H3,(H,25,27)(H2,24,26,28)/t17-/m0/s1. The highest BCUT2D eigenvalue weighted by atomic mass is 19.4. The maximum Gasteiger partial charge on any atom is 0.418 e. The third-order valence-corrected chi connectivity index (χ3v) is 4.49. The van der Waals surface area contributed by atoms with Gasteiger partial charge in [0.05, 0.1) is 22.9 Å². The molecule has 0 spiro atoms. The van der Waals surface area contributed by atoms with E-state index < -0.39 is 29.7 Å². The fraction of sp³-hybridized carbons (Fsp3) is 0.200.